The van der Waals surface area contributed by atoms with Crippen LogP contribution >= 0.6 is 0 Å². The molecule has 6 nitrogen and oxygen atoms in total. The summed E-state index contributed by atoms with van der Waals surface area (Å²) in [7, 11) is 0. The zero-order valence-electron chi connectivity index (χ0n) is 15.1. The fourth-order valence-electron chi connectivity index (χ4n) is 3.65. The highest BCUT2D eigenvalue weighted by Crippen LogP contribution is 2.21. The Morgan fingerprint density at radius 3 is 2.48 bits per heavy atom. The van der Waals surface area contributed by atoms with Gasteiger partial charge in [-0.15, -0.1) is 5.10 Å². The van der Waals surface area contributed by atoms with E-state index >= 15 is 0 Å². The van der Waals surface area contributed by atoms with Gasteiger partial charge in [0.15, 0.2) is 0 Å². The van der Waals surface area contributed by atoms with Crippen LogP contribution in [-0.4, -0.2) is 38.9 Å². The van der Waals surface area contributed by atoms with Crippen LogP contribution in [0.4, 0.5) is 0 Å². The zero-order chi connectivity index (χ0) is 18.6. The molecule has 1 saturated heterocycles. The number of rotatable bonds is 4. The molecule has 2 aromatic carbocycles. The first-order valence-corrected chi connectivity index (χ1v) is 9.38. The molecule has 1 aromatic heterocycles. The van der Waals surface area contributed by atoms with Gasteiger partial charge in [-0.1, -0.05) is 47.7 Å². The molecule has 138 valence electrons. The molecule has 2 heterocycles. The number of amides is 1. The van der Waals surface area contributed by atoms with E-state index in [1.807, 2.05) is 47.4 Å². The highest BCUT2D eigenvalue weighted by atomic mass is 16.2. The van der Waals surface area contributed by atoms with Crippen LogP contribution < -0.4 is 5.56 Å². The maximum Gasteiger partial charge on any atom is 0.277 e. The number of nitrogens with zero attached hydrogens (tertiary/aromatic N) is 4. The number of piperidine rings is 1. The third kappa shape index (κ3) is 3.74. The van der Waals surface area contributed by atoms with Crippen molar-refractivity contribution >= 4 is 16.8 Å². The van der Waals surface area contributed by atoms with Crippen molar-refractivity contribution in [3.05, 3.63) is 70.5 Å². The molecular formula is C21H22N4O2. The number of likely N-dealkylation sites (tertiary alicyclic amines) is 1. The number of carbonyl (C=O) groups excluding carboxylic acids is 1. The summed E-state index contributed by atoms with van der Waals surface area (Å²) in [6.07, 6.45) is 2.73. The van der Waals surface area contributed by atoms with E-state index in [1.54, 1.807) is 12.1 Å². The van der Waals surface area contributed by atoms with Crippen molar-refractivity contribution in [3.8, 4) is 0 Å². The molecule has 0 saturated carbocycles. The lowest BCUT2D eigenvalue weighted by atomic mass is 10.0. The third-order valence-electron chi connectivity index (χ3n) is 5.22. The molecule has 1 amide bonds. The number of hydrogen-bond acceptors (Lipinski definition) is 4. The van der Waals surface area contributed by atoms with Crippen molar-refractivity contribution < 1.29 is 4.79 Å². The Morgan fingerprint density at radius 2 is 1.70 bits per heavy atom. The van der Waals surface area contributed by atoms with E-state index in [4.69, 9.17) is 0 Å². The van der Waals surface area contributed by atoms with Crippen LogP contribution in [0.3, 0.4) is 0 Å². The van der Waals surface area contributed by atoms with Gasteiger partial charge < -0.3 is 4.90 Å². The SMILES string of the molecule is O=C(CCc1ccccc1)N1CCC(n2nnc3ccccc3c2=O)CC1. The maximum absolute atomic E-state index is 12.7. The summed E-state index contributed by atoms with van der Waals surface area (Å²) in [5, 5.41) is 8.89. The van der Waals surface area contributed by atoms with Gasteiger partial charge in [0.05, 0.1) is 11.4 Å². The fraction of sp³-hybridized carbons (Fsp3) is 0.333. The molecule has 27 heavy (non-hydrogen) atoms. The molecule has 0 bridgehead atoms. The molecule has 1 fully saturated rings. The van der Waals surface area contributed by atoms with Crippen LogP contribution in [0.2, 0.25) is 0 Å². The second-order valence-electron chi connectivity index (χ2n) is 6.95. The van der Waals surface area contributed by atoms with E-state index in [1.165, 1.54) is 10.2 Å². The topological polar surface area (TPSA) is 68.1 Å². The Morgan fingerprint density at radius 1 is 1.00 bits per heavy atom. The average Bonchev–Trinajstić information content (AvgIpc) is 2.73. The van der Waals surface area contributed by atoms with Gasteiger partial charge in [0.2, 0.25) is 5.91 Å². The van der Waals surface area contributed by atoms with Crippen LogP contribution in [0.25, 0.3) is 10.9 Å². The molecule has 4 rings (SSSR count). The standard InChI is InChI=1S/C21H22N4O2/c26-20(11-10-16-6-2-1-3-7-16)24-14-12-17(13-15-24)25-21(27)18-8-4-5-9-19(18)22-23-25/h1-9,17H,10-15H2. The monoisotopic (exact) mass is 362 g/mol. The lowest BCUT2D eigenvalue weighted by Gasteiger charge is -2.32. The molecular weight excluding hydrogens is 340 g/mol. The Hall–Kier alpha value is -3.02. The van der Waals surface area contributed by atoms with Crippen LogP contribution in [0.15, 0.2) is 59.4 Å². The summed E-state index contributed by atoms with van der Waals surface area (Å²) in [6, 6.07) is 17.3. The third-order valence-corrected chi connectivity index (χ3v) is 5.22. The summed E-state index contributed by atoms with van der Waals surface area (Å²) in [5.74, 6) is 0.175. The van der Waals surface area contributed by atoms with Crippen LogP contribution in [-0.2, 0) is 11.2 Å². The number of aryl methyl sites for hydroxylation is 1. The largest absolute Gasteiger partial charge is 0.343 e. The molecule has 6 heteroatoms. The van der Waals surface area contributed by atoms with Crippen LogP contribution in [0.5, 0.6) is 0 Å². The summed E-state index contributed by atoms with van der Waals surface area (Å²) in [5.41, 5.74) is 1.69. The summed E-state index contributed by atoms with van der Waals surface area (Å²) < 4.78 is 1.49. The minimum absolute atomic E-state index is 0.00669. The second kappa shape index (κ2) is 7.70. The minimum Gasteiger partial charge on any atom is -0.343 e. The predicted octanol–water partition coefficient (Wildman–Crippen LogP) is 2.59. The van der Waals surface area contributed by atoms with E-state index in [-0.39, 0.29) is 17.5 Å². The van der Waals surface area contributed by atoms with E-state index in [2.05, 4.69) is 10.3 Å². The summed E-state index contributed by atoms with van der Waals surface area (Å²) in [6.45, 7) is 1.30. The van der Waals surface area contributed by atoms with Gasteiger partial charge in [0.1, 0.15) is 5.52 Å². The average molecular weight is 362 g/mol. The van der Waals surface area contributed by atoms with Gasteiger partial charge in [-0.2, -0.15) is 0 Å². The van der Waals surface area contributed by atoms with Crippen molar-refractivity contribution in [2.24, 2.45) is 0 Å². The number of carbonyl (C=O) groups is 1. The van der Waals surface area contributed by atoms with Crippen LogP contribution in [0.1, 0.15) is 30.9 Å². The Bertz CT molecular complexity index is 992. The Labute approximate surface area is 157 Å². The number of hydrogen-bond donors (Lipinski definition) is 0. The molecule has 0 spiro atoms. The van der Waals surface area contributed by atoms with Crippen LogP contribution in [0, 0.1) is 0 Å². The lowest BCUT2D eigenvalue weighted by Crippen LogP contribution is -2.41. The Kier molecular flexibility index (Phi) is 4.96. The van der Waals surface area contributed by atoms with Gasteiger partial charge in [-0.25, -0.2) is 4.68 Å². The Balaban J connectivity index is 1.38. The van der Waals surface area contributed by atoms with E-state index in [0.717, 1.165) is 19.3 Å². The molecule has 0 N–H and O–H groups in total. The predicted molar refractivity (Wildman–Crippen MR) is 103 cm³/mol. The molecule has 0 aliphatic carbocycles. The smallest absolute Gasteiger partial charge is 0.277 e. The number of fused-ring (bicyclic) bond motifs is 1. The first-order valence-electron chi connectivity index (χ1n) is 9.38. The highest BCUT2D eigenvalue weighted by Gasteiger charge is 2.25. The molecule has 3 aromatic rings. The normalized spacial score (nSPS) is 15.2. The molecule has 1 aliphatic rings. The molecule has 0 radical (unpaired) electrons. The second-order valence-corrected chi connectivity index (χ2v) is 6.95. The molecule has 0 unspecified atom stereocenters. The summed E-state index contributed by atoms with van der Waals surface area (Å²) >= 11 is 0. The summed E-state index contributed by atoms with van der Waals surface area (Å²) in [4.78, 5) is 27.1. The highest BCUT2D eigenvalue weighted by molar-refractivity contribution is 5.77. The molecule has 1 aliphatic heterocycles. The minimum atomic E-state index is -0.102. The van der Waals surface area contributed by atoms with Gasteiger partial charge in [0.25, 0.3) is 5.56 Å². The van der Waals surface area contributed by atoms with Gasteiger partial charge in [0, 0.05) is 19.5 Å². The van der Waals surface area contributed by atoms with Crippen molar-refractivity contribution in [3.63, 3.8) is 0 Å². The van der Waals surface area contributed by atoms with E-state index in [0.29, 0.717) is 30.4 Å². The van der Waals surface area contributed by atoms with Crippen molar-refractivity contribution in [1.29, 1.82) is 0 Å². The van der Waals surface area contributed by atoms with Gasteiger partial charge >= 0.3 is 0 Å². The van der Waals surface area contributed by atoms with Crippen molar-refractivity contribution in [2.75, 3.05) is 13.1 Å². The van der Waals surface area contributed by atoms with Crippen molar-refractivity contribution in [1.82, 2.24) is 19.9 Å². The molecule has 0 atom stereocenters. The van der Waals surface area contributed by atoms with Gasteiger partial charge in [-0.05, 0) is 37.0 Å². The van der Waals surface area contributed by atoms with Gasteiger partial charge in [-0.3, -0.25) is 9.59 Å². The van der Waals surface area contributed by atoms with Crippen molar-refractivity contribution in [2.45, 2.75) is 31.7 Å². The lowest BCUT2D eigenvalue weighted by molar-refractivity contribution is -0.132. The quantitative estimate of drug-likeness (QED) is 0.715. The fourth-order valence-corrected chi connectivity index (χ4v) is 3.65. The number of benzene rings is 2. The first-order chi connectivity index (χ1) is 13.2. The van der Waals surface area contributed by atoms with E-state index < -0.39 is 0 Å². The zero-order valence-corrected chi connectivity index (χ0v) is 15.1. The van der Waals surface area contributed by atoms with E-state index in [9.17, 15) is 9.59 Å². The maximum atomic E-state index is 12.7. The first kappa shape index (κ1) is 17.4. The number of aromatic nitrogens is 3.